The summed E-state index contributed by atoms with van der Waals surface area (Å²) in [5.41, 5.74) is 1.54. The van der Waals surface area contributed by atoms with E-state index >= 15 is 0 Å². The zero-order valence-corrected chi connectivity index (χ0v) is 14.6. The van der Waals surface area contributed by atoms with Crippen LogP contribution in [0.3, 0.4) is 0 Å². The Morgan fingerprint density at radius 1 is 1.15 bits per heavy atom. The fraction of sp³-hybridized carbons (Fsp3) is 0.211. The van der Waals surface area contributed by atoms with Crippen molar-refractivity contribution in [1.82, 2.24) is 14.7 Å². The summed E-state index contributed by atoms with van der Waals surface area (Å²) in [6.45, 7) is 0. The topological polar surface area (TPSA) is 64.1 Å². The molecule has 0 unspecified atom stereocenters. The second-order valence-electron chi connectivity index (χ2n) is 6.15. The molecular formula is C19H16FN3O2S. The molecule has 26 heavy (non-hydrogen) atoms. The van der Waals surface area contributed by atoms with Crippen LogP contribution in [-0.4, -0.2) is 21.3 Å². The number of ether oxygens (including phenoxy) is 1. The Morgan fingerprint density at radius 3 is 2.58 bits per heavy atom. The Morgan fingerprint density at radius 2 is 1.88 bits per heavy atom. The van der Waals surface area contributed by atoms with Crippen LogP contribution in [0.15, 0.2) is 48.5 Å². The summed E-state index contributed by atoms with van der Waals surface area (Å²) in [7, 11) is 0. The first-order chi connectivity index (χ1) is 12.7. The molecule has 0 saturated heterocycles. The van der Waals surface area contributed by atoms with Crippen molar-refractivity contribution in [2.75, 3.05) is 0 Å². The molecule has 0 radical (unpaired) electrons. The van der Waals surface area contributed by atoms with Gasteiger partial charge in [-0.1, -0.05) is 12.1 Å². The average molecular weight is 369 g/mol. The molecule has 5 nitrogen and oxygen atoms in total. The summed E-state index contributed by atoms with van der Waals surface area (Å²) >= 11 is 1.16. The number of rotatable bonds is 6. The van der Waals surface area contributed by atoms with Crippen LogP contribution in [-0.2, 0) is 6.42 Å². The molecule has 1 aliphatic carbocycles. The first-order valence-electron chi connectivity index (χ1n) is 8.31. The molecule has 132 valence electrons. The quantitative estimate of drug-likeness (QED) is 0.714. The van der Waals surface area contributed by atoms with Gasteiger partial charge in [0, 0.05) is 29.6 Å². The fourth-order valence-corrected chi connectivity index (χ4v) is 2.98. The van der Waals surface area contributed by atoms with Crippen LogP contribution in [0.2, 0.25) is 0 Å². The maximum atomic E-state index is 12.9. The lowest BCUT2D eigenvalue weighted by molar-refractivity contribution is 0.0951. The Hall–Kier alpha value is -2.80. The van der Waals surface area contributed by atoms with E-state index in [4.69, 9.17) is 4.74 Å². The van der Waals surface area contributed by atoms with Crippen LogP contribution in [0, 0.1) is 5.82 Å². The highest BCUT2D eigenvalue weighted by Gasteiger charge is 2.23. The molecule has 0 bridgehead atoms. The molecule has 0 aliphatic heterocycles. The molecule has 0 atom stereocenters. The molecule has 1 amide bonds. The lowest BCUT2D eigenvalue weighted by Crippen LogP contribution is -2.25. The van der Waals surface area contributed by atoms with E-state index < -0.39 is 0 Å². The summed E-state index contributed by atoms with van der Waals surface area (Å²) in [6, 6.07) is 13.5. The molecule has 1 heterocycles. The highest BCUT2D eigenvalue weighted by atomic mass is 32.1. The van der Waals surface area contributed by atoms with Gasteiger partial charge in [0.25, 0.3) is 11.1 Å². The zero-order valence-electron chi connectivity index (χ0n) is 13.8. The lowest BCUT2D eigenvalue weighted by Gasteiger charge is -2.04. The molecular weight excluding hydrogens is 353 g/mol. The van der Waals surface area contributed by atoms with Gasteiger partial charge in [-0.2, -0.15) is 9.36 Å². The molecule has 1 aromatic heterocycles. The SMILES string of the molecule is O=C(NC1CC1)c1ccc(Oc2nc(Cc3ccc(F)cc3)ns2)cc1. The Labute approximate surface area is 154 Å². The maximum Gasteiger partial charge on any atom is 0.298 e. The minimum absolute atomic E-state index is 0.0588. The standard InChI is InChI=1S/C19H16FN3O2S/c20-14-5-1-12(2-6-14)11-17-22-19(26-23-17)25-16-9-3-13(4-10-16)18(24)21-15-7-8-15/h1-6,9-10,15H,7-8,11H2,(H,21,24). The molecule has 4 rings (SSSR count). The number of halogens is 1. The molecule has 1 fully saturated rings. The molecule has 0 spiro atoms. The van der Waals surface area contributed by atoms with Gasteiger partial charge in [-0.3, -0.25) is 4.79 Å². The van der Waals surface area contributed by atoms with E-state index in [1.165, 1.54) is 12.1 Å². The van der Waals surface area contributed by atoms with Crippen molar-refractivity contribution in [2.24, 2.45) is 0 Å². The number of aromatic nitrogens is 2. The van der Waals surface area contributed by atoms with E-state index in [0.717, 1.165) is 29.9 Å². The third-order valence-corrected chi connectivity index (χ3v) is 4.59. The van der Waals surface area contributed by atoms with Gasteiger partial charge in [0.1, 0.15) is 11.6 Å². The zero-order chi connectivity index (χ0) is 17.9. The predicted molar refractivity (Wildman–Crippen MR) is 96.1 cm³/mol. The van der Waals surface area contributed by atoms with Crippen LogP contribution in [0.25, 0.3) is 0 Å². The predicted octanol–water partition coefficient (Wildman–Crippen LogP) is 3.95. The van der Waals surface area contributed by atoms with Gasteiger partial charge >= 0.3 is 0 Å². The van der Waals surface area contributed by atoms with Gasteiger partial charge < -0.3 is 10.1 Å². The van der Waals surface area contributed by atoms with Gasteiger partial charge in [0.05, 0.1) is 0 Å². The van der Waals surface area contributed by atoms with Gasteiger partial charge in [-0.15, -0.1) is 0 Å². The van der Waals surface area contributed by atoms with Gasteiger partial charge in [0.15, 0.2) is 5.82 Å². The van der Waals surface area contributed by atoms with E-state index in [1.807, 2.05) is 0 Å². The van der Waals surface area contributed by atoms with Crippen molar-refractivity contribution in [3.05, 3.63) is 71.3 Å². The monoisotopic (exact) mass is 369 g/mol. The van der Waals surface area contributed by atoms with Crippen LogP contribution in [0.5, 0.6) is 10.9 Å². The van der Waals surface area contributed by atoms with Gasteiger partial charge in [-0.25, -0.2) is 4.39 Å². The van der Waals surface area contributed by atoms with E-state index in [-0.39, 0.29) is 11.7 Å². The smallest absolute Gasteiger partial charge is 0.298 e. The number of amides is 1. The molecule has 3 aromatic rings. The van der Waals surface area contributed by atoms with E-state index in [9.17, 15) is 9.18 Å². The average Bonchev–Trinajstić information content (AvgIpc) is 3.35. The van der Waals surface area contributed by atoms with E-state index in [0.29, 0.717) is 34.8 Å². The fourth-order valence-electron chi connectivity index (χ4n) is 2.41. The van der Waals surface area contributed by atoms with Crippen molar-refractivity contribution < 1.29 is 13.9 Å². The summed E-state index contributed by atoms with van der Waals surface area (Å²) < 4.78 is 22.9. The molecule has 2 aromatic carbocycles. The van der Waals surface area contributed by atoms with Gasteiger partial charge in [0.2, 0.25) is 0 Å². The van der Waals surface area contributed by atoms with Gasteiger partial charge in [-0.05, 0) is 54.8 Å². The van der Waals surface area contributed by atoms with Crippen LogP contribution in [0.1, 0.15) is 34.6 Å². The lowest BCUT2D eigenvalue weighted by atomic mass is 10.1. The number of nitrogens with one attached hydrogen (secondary N) is 1. The number of nitrogens with zero attached hydrogens (tertiary/aromatic N) is 2. The van der Waals surface area contributed by atoms with E-state index in [2.05, 4.69) is 14.7 Å². The number of carbonyl (C=O) groups is 1. The molecule has 1 aliphatic rings. The molecule has 7 heteroatoms. The highest BCUT2D eigenvalue weighted by molar-refractivity contribution is 7.07. The van der Waals surface area contributed by atoms with Crippen LogP contribution < -0.4 is 10.1 Å². The van der Waals surface area contributed by atoms with Crippen molar-refractivity contribution in [2.45, 2.75) is 25.3 Å². The van der Waals surface area contributed by atoms with Crippen molar-refractivity contribution >= 4 is 17.4 Å². The second-order valence-corrected chi connectivity index (χ2v) is 6.87. The third kappa shape index (κ3) is 4.23. The van der Waals surface area contributed by atoms with E-state index in [1.54, 1.807) is 36.4 Å². The minimum Gasteiger partial charge on any atom is -0.430 e. The number of hydrogen-bond donors (Lipinski definition) is 1. The third-order valence-electron chi connectivity index (χ3n) is 3.96. The first-order valence-corrected chi connectivity index (χ1v) is 9.09. The minimum atomic E-state index is -0.265. The van der Waals surface area contributed by atoms with Crippen molar-refractivity contribution in [3.8, 4) is 10.9 Å². The maximum absolute atomic E-state index is 12.9. The second kappa shape index (κ2) is 7.21. The van der Waals surface area contributed by atoms with Crippen molar-refractivity contribution in [1.29, 1.82) is 0 Å². The largest absolute Gasteiger partial charge is 0.430 e. The van der Waals surface area contributed by atoms with Crippen LogP contribution in [0.4, 0.5) is 4.39 Å². The molecule has 1 N–H and O–H groups in total. The Balaban J connectivity index is 1.37. The summed E-state index contributed by atoms with van der Waals surface area (Å²) in [4.78, 5) is 16.3. The molecule has 1 saturated carbocycles. The first kappa shape index (κ1) is 16.7. The van der Waals surface area contributed by atoms with Crippen molar-refractivity contribution in [3.63, 3.8) is 0 Å². The summed E-state index contributed by atoms with van der Waals surface area (Å²) in [6.07, 6.45) is 2.63. The highest BCUT2D eigenvalue weighted by Crippen LogP contribution is 2.25. The van der Waals surface area contributed by atoms with Crippen LogP contribution >= 0.6 is 11.5 Å². The number of benzene rings is 2. The Bertz CT molecular complexity index is 905. The number of carbonyl (C=O) groups excluding carboxylic acids is 1. The normalized spacial score (nSPS) is 13.4. The summed E-state index contributed by atoms with van der Waals surface area (Å²) in [5.74, 6) is 0.893. The Kier molecular flexibility index (Phi) is 4.62. The summed E-state index contributed by atoms with van der Waals surface area (Å²) in [5, 5.41) is 3.37. The number of hydrogen-bond acceptors (Lipinski definition) is 5.